The van der Waals surface area contributed by atoms with E-state index in [0.29, 0.717) is 5.75 Å². The number of carboxylic acids is 1. The topological polar surface area (TPSA) is 75.6 Å². The number of hydrogen-bond acceptors (Lipinski definition) is 3. The Kier molecular flexibility index (Phi) is 6.41. The van der Waals surface area contributed by atoms with Crippen LogP contribution in [0.25, 0.3) is 0 Å². The molecule has 1 amide bonds. The van der Waals surface area contributed by atoms with Crippen LogP contribution in [0.2, 0.25) is 0 Å². The van der Waals surface area contributed by atoms with Gasteiger partial charge in [-0.15, -0.1) is 0 Å². The normalized spacial score (nSPS) is 14.0. The van der Waals surface area contributed by atoms with Crippen molar-refractivity contribution in [3.63, 3.8) is 0 Å². The summed E-state index contributed by atoms with van der Waals surface area (Å²) in [6.07, 6.45) is -6.41. The van der Waals surface area contributed by atoms with Crippen LogP contribution in [0.1, 0.15) is 31.2 Å². The van der Waals surface area contributed by atoms with Gasteiger partial charge in [-0.3, -0.25) is 4.79 Å². The summed E-state index contributed by atoms with van der Waals surface area (Å²) in [4.78, 5) is 22.6. The van der Waals surface area contributed by atoms with Gasteiger partial charge >= 0.3 is 12.1 Å². The highest BCUT2D eigenvalue weighted by molar-refractivity contribution is 5.84. The summed E-state index contributed by atoms with van der Waals surface area (Å²) >= 11 is 0. The molecular formula is C15H18F3NO4. The lowest BCUT2D eigenvalue weighted by molar-refractivity contribution is -0.160. The van der Waals surface area contributed by atoms with E-state index in [2.05, 4.69) is 0 Å². The molecule has 0 aliphatic heterocycles. The quantitative estimate of drug-likeness (QED) is 0.804. The predicted molar refractivity (Wildman–Crippen MR) is 76.3 cm³/mol. The number of carbonyl (C=O) groups is 2. The molecule has 2 unspecified atom stereocenters. The zero-order valence-corrected chi connectivity index (χ0v) is 12.7. The molecule has 0 aliphatic carbocycles. The van der Waals surface area contributed by atoms with E-state index in [-0.39, 0.29) is 12.3 Å². The molecule has 0 saturated heterocycles. The van der Waals surface area contributed by atoms with Gasteiger partial charge in [-0.25, -0.2) is 4.79 Å². The van der Waals surface area contributed by atoms with E-state index in [4.69, 9.17) is 9.84 Å². The van der Waals surface area contributed by atoms with Gasteiger partial charge < -0.3 is 15.2 Å². The van der Waals surface area contributed by atoms with Crippen LogP contribution in [0.5, 0.6) is 5.75 Å². The van der Waals surface area contributed by atoms with E-state index >= 15 is 0 Å². The number of rotatable bonds is 7. The first-order valence-electron chi connectivity index (χ1n) is 6.85. The van der Waals surface area contributed by atoms with Crippen molar-refractivity contribution in [2.24, 2.45) is 0 Å². The van der Waals surface area contributed by atoms with Crippen molar-refractivity contribution >= 4 is 11.9 Å². The molecule has 0 aromatic heterocycles. The number of amides is 1. The van der Waals surface area contributed by atoms with Gasteiger partial charge in [0.1, 0.15) is 11.8 Å². The number of alkyl halides is 3. The minimum atomic E-state index is -4.67. The Balaban J connectivity index is 2.68. The number of aliphatic carboxylic acids is 1. The van der Waals surface area contributed by atoms with Gasteiger partial charge in [-0.1, -0.05) is 19.1 Å². The lowest BCUT2D eigenvalue weighted by atomic mass is 9.97. The summed E-state index contributed by atoms with van der Waals surface area (Å²) in [5.74, 6) is -2.18. The molecule has 2 N–H and O–H groups in total. The van der Waals surface area contributed by atoms with Crippen molar-refractivity contribution in [3.8, 4) is 5.75 Å². The molecule has 0 fully saturated rings. The Bertz CT molecular complexity index is 560. The average molecular weight is 333 g/mol. The molecule has 128 valence electrons. The Hall–Kier alpha value is -2.25. The Labute approximate surface area is 131 Å². The van der Waals surface area contributed by atoms with Gasteiger partial charge in [-0.2, -0.15) is 13.2 Å². The molecule has 0 heterocycles. The SMILES string of the molecule is COc1cccc(C(C)CC(=O)NC(CC(F)(F)F)C(=O)O)c1. The van der Waals surface area contributed by atoms with Gasteiger partial charge in [0.2, 0.25) is 5.91 Å². The minimum Gasteiger partial charge on any atom is -0.497 e. The second kappa shape index (κ2) is 7.85. The van der Waals surface area contributed by atoms with Gasteiger partial charge in [0.25, 0.3) is 0 Å². The van der Waals surface area contributed by atoms with Crippen LogP contribution >= 0.6 is 0 Å². The standard InChI is InChI=1S/C15H18F3NO4/c1-9(10-4-3-5-11(7-10)23-2)6-13(20)19-12(14(21)22)8-15(16,17)18/h3-5,7,9,12H,6,8H2,1-2H3,(H,19,20)(H,21,22). The number of nitrogens with one attached hydrogen (secondary N) is 1. The Morgan fingerprint density at radius 3 is 2.52 bits per heavy atom. The number of benzene rings is 1. The Morgan fingerprint density at radius 2 is 2.00 bits per heavy atom. The molecule has 1 aromatic rings. The first-order chi connectivity index (χ1) is 10.6. The van der Waals surface area contributed by atoms with E-state index in [1.807, 2.05) is 5.32 Å². The minimum absolute atomic E-state index is 0.130. The number of hydrogen-bond donors (Lipinski definition) is 2. The van der Waals surface area contributed by atoms with Crippen LogP contribution in [-0.4, -0.2) is 36.3 Å². The molecule has 0 aliphatic rings. The third-order valence-electron chi connectivity index (χ3n) is 3.22. The van der Waals surface area contributed by atoms with Crippen LogP contribution < -0.4 is 10.1 Å². The first-order valence-corrected chi connectivity index (χ1v) is 6.85. The van der Waals surface area contributed by atoms with E-state index in [9.17, 15) is 22.8 Å². The van der Waals surface area contributed by atoms with Crippen molar-refractivity contribution in [3.05, 3.63) is 29.8 Å². The van der Waals surface area contributed by atoms with Gasteiger partial charge in [-0.05, 0) is 23.6 Å². The summed E-state index contributed by atoms with van der Waals surface area (Å²) in [6, 6.07) is 4.93. The van der Waals surface area contributed by atoms with Crippen LogP contribution in [0.3, 0.4) is 0 Å². The summed E-state index contributed by atoms with van der Waals surface area (Å²) < 4.78 is 42.0. The maximum absolute atomic E-state index is 12.3. The van der Waals surface area contributed by atoms with Crippen LogP contribution in [0.4, 0.5) is 13.2 Å². The molecule has 0 saturated carbocycles. The third-order valence-corrected chi connectivity index (χ3v) is 3.22. The zero-order chi connectivity index (χ0) is 17.6. The number of carbonyl (C=O) groups excluding carboxylic acids is 1. The zero-order valence-electron chi connectivity index (χ0n) is 12.7. The molecular weight excluding hydrogens is 315 g/mol. The highest BCUT2D eigenvalue weighted by Crippen LogP contribution is 2.24. The highest BCUT2D eigenvalue weighted by Gasteiger charge is 2.36. The van der Waals surface area contributed by atoms with Crippen molar-refractivity contribution in [1.29, 1.82) is 0 Å². The van der Waals surface area contributed by atoms with Crippen molar-refractivity contribution in [2.45, 2.75) is 37.9 Å². The number of carboxylic acid groups (broad SMARTS) is 1. The van der Waals surface area contributed by atoms with E-state index < -0.39 is 30.5 Å². The maximum atomic E-state index is 12.3. The summed E-state index contributed by atoms with van der Waals surface area (Å²) in [7, 11) is 1.49. The van der Waals surface area contributed by atoms with Gasteiger partial charge in [0.15, 0.2) is 0 Å². The maximum Gasteiger partial charge on any atom is 0.391 e. The number of ether oxygens (including phenoxy) is 1. The second-order valence-electron chi connectivity index (χ2n) is 5.16. The fourth-order valence-corrected chi connectivity index (χ4v) is 2.03. The monoisotopic (exact) mass is 333 g/mol. The molecule has 1 aromatic carbocycles. The molecule has 8 heteroatoms. The number of methoxy groups -OCH3 is 1. The molecule has 2 atom stereocenters. The molecule has 1 rings (SSSR count). The van der Waals surface area contributed by atoms with Crippen molar-refractivity contribution in [1.82, 2.24) is 5.32 Å². The summed E-state index contributed by atoms with van der Waals surface area (Å²) in [6.45, 7) is 1.72. The fraction of sp³-hybridized carbons (Fsp3) is 0.467. The molecule has 0 bridgehead atoms. The second-order valence-corrected chi connectivity index (χ2v) is 5.16. The summed E-state index contributed by atoms with van der Waals surface area (Å²) in [5, 5.41) is 10.7. The lowest BCUT2D eigenvalue weighted by Gasteiger charge is -2.18. The molecule has 23 heavy (non-hydrogen) atoms. The van der Waals surface area contributed by atoms with Crippen molar-refractivity contribution < 1.29 is 32.6 Å². The molecule has 5 nitrogen and oxygen atoms in total. The van der Waals surface area contributed by atoms with E-state index in [1.54, 1.807) is 31.2 Å². The van der Waals surface area contributed by atoms with Crippen LogP contribution in [0, 0.1) is 0 Å². The number of halogens is 3. The third kappa shape index (κ3) is 6.58. The fourth-order valence-electron chi connectivity index (χ4n) is 2.03. The summed E-state index contributed by atoms with van der Waals surface area (Å²) in [5.41, 5.74) is 0.766. The first kappa shape index (κ1) is 18.8. The lowest BCUT2D eigenvalue weighted by Crippen LogP contribution is -2.43. The van der Waals surface area contributed by atoms with Gasteiger partial charge in [0, 0.05) is 6.42 Å². The predicted octanol–water partition coefficient (Wildman–Crippen LogP) is 2.71. The van der Waals surface area contributed by atoms with Crippen LogP contribution in [0.15, 0.2) is 24.3 Å². The highest BCUT2D eigenvalue weighted by atomic mass is 19.4. The molecule has 0 spiro atoms. The molecule has 0 radical (unpaired) electrons. The van der Waals surface area contributed by atoms with Gasteiger partial charge in [0.05, 0.1) is 13.5 Å². The van der Waals surface area contributed by atoms with Crippen LogP contribution in [-0.2, 0) is 9.59 Å². The van der Waals surface area contributed by atoms with Crippen molar-refractivity contribution in [2.75, 3.05) is 7.11 Å². The van der Waals surface area contributed by atoms with E-state index in [0.717, 1.165) is 5.56 Å². The van der Waals surface area contributed by atoms with E-state index in [1.165, 1.54) is 7.11 Å². The largest absolute Gasteiger partial charge is 0.497 e. The average Bonchev–Trinajstić information content (AvgIpc) is 2.45. The smallest absolute Gasteiger partial charge is 0.391 e. The Morgan fingerprint density at radius 1 is 1.35 bits per heavy atom.